The Morgan fingerprint density at radius 2 is 2.21 bits per heavy atom. The van der Waals surface area contributed by atoms with Gasteiger partial charge in [-0.25, -0.2) is 4.79 Å². The van der Waals surface area contributed by atoms with Crippen molar-refractivity contribution in [2.45, 2.75) is 31.9 Å². The van der Waals surface area contributed by atoms with Gasteiger partial charge in [-0.15, -0.1) is 11.8 Å². The van der Waals surface area contributed by atoms with Crippen LogP contribution in [0.3, 0.4) is 0 Å². The highest BCUT2D eigenvalue weighted by Gasteiger charge is 2.27. The first kappa shape index (κ1) is 13.7. The van der Waals surface area contributed by atoms with E-state index in [-0.39, 0.29) is 12.1 Å². The van der Waals surface area contributed by atoms with Crippen molar-refractivity contribution in [2.75, 3.05) is 5.75 Å². The van der Waals surface area contributed by atoms with Gasteiger partial charge in [0.05, 0.1) is 16.7 Å². The van der Waals surface area contributed by atoms with E-state index in [0.29, 0.717) is 11.3 Å². The van der Waals surface area contributed by atoms with Crippen LogP contribution in [-0.2, 0) is 9.53 Å². The van der Waals surface area contributed by atoms with Crippen LogP contribution in [0.1, 0.15) is 29.8 Å². The van der Waals surface area contributed by atoms with E-state index in [1.54, 1.807) is 0 Å². The molecule has 1 amide bonds. The normalized spacial score (nSPS) is 15.9. The van der Waals surface area contributed by atoms with Gasteiger partial charge in [-0.1, -0.05) is 0 Å². The second kappa shape index (κ2) is 5.13. The van der Waals surface area contributed by atoms with E-state index in [9.17, 15) is 9.59 Å². The van der Waals surface area contributed by atoms with Gasteiger partial charge in [0.2, 0.25) is 5.91 Å². The zero-order valence-corrected chi connectivity index (χ0v) is 11.9. The first-order valence-corrected chi connectivity index (χ1v) is 6.94. The topological polar surface area (TPSA) is 74.3 Å². The molecule has 1 aromatic rings. The van der Waals surface area contributed by atoms with Crippen LogP contribution in [0.4, 0.5) is 0 Å². The van der Waals surface area contributed by atoms with Crippen molar-refractivity contribution >= 4 is 29.3 Å². The molecule has 0 radical (unpaired) electrons. The molecule has 5 nitrogen and oxygen atoms in total. The number of hydrogen-bond acceptors (Lipinski definition) is 4. The van der Waals surface area contributed by atoms with E-state index in [1.165, 1.54) is 17.8 Å². The first-order valence-electron chi connectivity index (χ1n) is 5.96. The summed E-state index contributed by atoms with van der Waals surface area (Å²) in [5.74, 6) is -0.185. The van der Waals surface area contributed by atoms with Gasteiger partial charge in [-0.2, -0.15) is 0 Å². The molecule has 102 valence electrons. The van der Waals surface area contributed by atoms with Gasteiger partial charge >= 0.3 is 5.97 Å². The summed E-state index contributed by atoms with van der Waals surface area (Å²) < 4.78 is 7.08. The van der Waals surface area contributed by atoms with E-state index < -0.39 is 5.91 Å². The van der Waals surface area contributed by atoms with Crippen molar-refractivity contribution in [1.29, 1.82) is 0 Å². The average molecular weight is 280 g/mol. The van der Waals surface area contributed by atoms with Gasteiger partial charge in [0.25, 0.3) is 0 Å². The summed E-state index contributed by atoms with van der Waals surface area (Å²) in [6, 6.07) is 0. The van der Waals surface area contributed by atoms with Crippen molar-refractivity contribution < 1.29 is 14.3 Å². The van der Waals surface area contributed by atoms with Crippen LogP contribution in [0.2, 0.25) is 0 Å². The number of carbonyl (C=O) groups is 2. The van der Waals surface area contributed by atoms with Crippen LogP contribution < -0.4 is 5.73 Å². The summed E-state index contributed by atoms with van der Waals surface area (Å²) in [5, 5.41) is 0.815. The standard InChI is InChI=1S/C13H16N2O3S/c1-7(2)18-13(17)11-8(3)5-15-9(4-10(14)16)6-19-12(11)15/h4-5,7H,6H2,1-3H3,(H2,14,16). The Morgan fingerprint density at radius 3 is 2.79 bits per heavy atom. The third kappa shape index (κ3) is 2.68. The molecule has 2 heterocycles. The molecule has 0 aliphatic carbocycles. The molecule has 2 N–H and O–H groups in total. The molecule has 1 aliphatic rings. The molecule has 19 heavy (non-hydrogen) atoms. The van der Waals surface area contributed by atoms with Crippen LogP contribution in [0.15, 0.2) is 17.3 Å². The van der Waals surface area contributed by atoms with Crippen molar-refractivity contribution in [3.8, 4) is 0 Å². The second-order valence-electron chi connectivity index (χ2n) is 4.64. The zero-order valence-electron chi connectivity index (χ0n) is 11.1. The summed E-state index contributed by atoms with van der Waals surface area (Å²) in [6.45, 7) is 5.48. The number of nitrogens with two attached hydrogens (primary N) is 1. The fraction of sp³-hybridized carbons (Fsp3) is 0.385. The van der Waals surface area contributed by atoms with Crippen molar-refractivity contribution in [1.82, 2.24) is 4.57 Å². The zero-order chi connectivity index (χ0) is 14.2. The quantitative estimate of drug-likeness (QED) is 0.676. The number of aryl methyl sites for hydroxylation is 1. The molecule has 1 aromatic heterocycles. The minimum atomic E-state index is -0.485. The molecule has 1 aliphatic heterocycles. The average Bonchev–Trinajstić information content (AvgIpc) is 2.76. The molecule has 0 saturated heterocycles. The minimum absolute atomic E-state index is 0.158. The molecule has 0 saturated carbocycles. The first-order chi connectivity index (χ1) is 8.90. The second-order valence-corrected chi connectivity index (χ2v) is 5.61. The Kier molecular flexibility index (Phi) is 3.71. The summed E-state index contributed by atoms with van der Waals surface area (Å²) in [7, 11) is 0. The van der Waals surface area contributed by atoms with Gasteiger partial charge in [0.15, 0.2) is 0 Å². The number of aromatic nitrogens is 1. The van der Waals surface area contributed by atoms with Crippen LogP contribution >= 0.6 is 11.8 Å². The summed E-state index contributed by atoms with van der Waals surface area (Å²) >= 11 is 1.51. The smallest absolute Gasteiger partial charge is 0.341 e. The summed E-state index contributed by atoms with van der Waals surface area (Å²) in [6.07, 6.45) is 3.07. The molecule has 0 spiro atoms. The summed E-state index contributed by atoms with van der Waals surface area (Å²) in [4.78, 5) is 23.0. The fourth-order valence-corrected chi connectivity index (χ4v) is 3.17. The van der Waals surface area contributed by atoms with Crippen LogP contribution in [-0.4, -0.2) is 28.3 Å². The molecule has 0 unspecified atom stereocenters. The maximum absolute atomic E-state index is 12.1. The molecule has 6 heteroatoms. The Labute approximate surface area is 115 Å². The molecular weight excluding hydrogens is 264 g/mol. The number of fused-ring (bicyclic) bond motifs is 1. The number of rotatable bonds is 3. The van der Waals surface area contributed by atoms with E-state index in [2.05, 4.69) is 0 Å². The summed E-state index contributed by atoms with van der Waals surface area (Å²) in [5.41, 5.74) is 7.37. The van der Waals surface area contributed by atoms with Crippen molar-refractivity contribution in [2.24, 2.45) is 5.73 Å². The van der Waals surface area contributed by atoms with Crippen LogP contribution in [0.5, 0.6) is 0 Å². The predicted octanol–water partition coefficient (Wildman–Crippen LogP) is 1.79. The Hall–Kier alpha value is -1.69. The van der Waals surface area contributed by atoms with E-state index in [0.717, 1.165) is 16.3 Å². The number of hydrogen-bond donors (Lipinski definition) is 1. The van der Waals surface area contributed by atoms with Crippen LogP contribution in [0, 0.1) is 6.92 Å². The van der Waals surface area contributed by atoms with Crippen molar-refractivity contribution in [3.63, 3.8) is 0 Å². The number of carbonyl (C=O) groups excluding carboxylic acids is 2. The van der Waals surface area contributed by atoms with Gasteiger partial charge in [0, 0.05) is 23.7 Å². The number of amides is 1. The minimum Gasteiger partial charge on any atom is -0.459 e. The fourth-order valence-electron chi connectivity index (χ4n) is 1.97. The molecular formula is C13H16N2O3S. The predicted molar refractivity (Wildman–Crippen MR) is 73.9 cm³/mol. The van der Waals surface area contributed by atoms with Gasteiger partial charge in [-0.05, 0) is 26.3 Å². The molecule has 0 bridgehead atoms. The third-order valence-electron chi connectivity index (χ3n) is 2.67. The number of ether oxygens (including phenoxy) is 1. The van der Waals surface area contributed by atoms with Crippen molar-refractivity contribution in [3.05, 3.63) is 23.4 Å². The van der Waals surface area contributed by atoms with Crippen LogP contribution in [0.25, 0.3) is 5.70 Å². The van der Waals surface area contributed by atoms with E-state index >= 15 is 0 Å². The Balaban J connectivity index is 2.40. The Morgan fingerprint density at radius 1 is 1.53 bits per heavy atom. The molecule has 0 aromatic carbocycles. The van der Waals surface area contributed by atoms with Gasteiger partial charge in [-0.3, -0.25) is 4.79 Å². The number of nitrogens with zero attached hydrogens (tertiary/aromatic N) is 1. The molecule has 2 rings (SSSR count). The Bertz CT molecular complexity index is 573. The molecule has 0 atom stereocenters. The lowest BCUT2D eigenvalue weighted by molar-refractivity contribution is -0.113. The van der Waals surface area contributed by atoms with E-state index in [1.807, 2.05) is 31.5 Å². The highest BCUT2D eigenvalue weighted by Crippen LogP contribution is 2.38. The maximum atomic E-state index is 12.1. The number of thioether (sulfide) groups is 1. The molecule has 0 fully saturated rings. The van der Waals surface area contributed by atoms with Gasteiger partial charge in [0.1, 0.15) is 0 Å². The third-order valence-corrected chi connectivity index (χ3v) is 3.79. The highest BCUT2D eigenvalue weighted by atomic mass is 32.2. The van der Waals surface area contributed by atoms with E-state index in [4.69, 9.17) is 10.5 Å². The highest BCUT2D eigenvalue weighted by molar-refractivity contribution is 8.00. The number of esters is 1. The largest absolute Gasteiger partial charge is 0.459 e. The monoisotopic (exact) mass is 280 g/mol. The maximum Gasteiger partial charge on any atom is 0.341 e. The number of primary amides is 1. The lowest BCUT2D eigenvalue weighted by Gasteiger charge is -2.08. The lowest BCUT2D eigenvalue weighted by Crippen LogP contribution is -2.12. The SMILES string of the molecule is Cc1cn2c(c1C(=O)OC(C)C)SCC2=CC(N)=O. The lowest BCUT2D eigenvalue weighted by atomic mass is 10.2. The van der Waals surface area contributed by atoms with Gasteiger partial charge < -0.3 is 15.0 Å².